The molecule has 2 nitrogen and oxygen atoms in total. The summed E-state index contributed by atoms with van der Waals surface area (Å²) in [6.07, 6.45) is 4.63. The summed E-state index contributed by atoms with van der Waals surface area (Å²) in [5.74, 6) is 0. The summed E-state index contributed by atoms with van der Waals surface area (Å²) in [7, 11) is 0. The molecule has 0 spiro atoms. The first-order valence-corrected chi connectivity index (χ1v) is 5.26. The second-order valence-corrected chi connectivity index (χ2v) is 4.74. The highest BCUT2D eigenvalue weighted by molar-refractivity contribution is 7.11. The number of aromatic nitrogens is 1. The lowest BCUT2D eigenvalue weighted by Crippen LogP contribution is -2.20. The molecule has 1 saturated carbocycles. The summed E-state index contributed by atoms with van der Waals surface area (Å²) in [6, 6.07) is 1.21. The van der Waals surface area contributed by atoms with Gasteiger partial charge in [0.15, 0.2) is 0 Å². The minimum atomic E-state index is 0.441. The Bertz CT molecular complexity index is 265. The van der Waals surface area contributed by atoms with Crippen molar-refractivity contribution in [2.45, 2.75) is 38.8 Å². The third-order valence-corrected chi connectivity index (χ3v) is 3.17. The number of rotatable bonds is 3. The van der Waals surface area contributed by atoms with Gasteiger partial charge in [0, 0.05) is 17.1 Å². The van der Waals surface area contributed by atoms with Crippen LogP contribution in [0.5, 0.6) is 0 Å². The van der Waals surface area contributed by atoms with Crippen molar-refractivity contribution < 1.29 is 0 Å². The molecule has 1 atom stereocenters. The topological polar surface area (TPSA) is 24.9 Å². The lowest BCUT2D eigenvalue weighted by atomic mass is 10.3. The zero-order valence-corrected chi connectivity index (χ0v) is 8.32. The molecule has 1 heterocycles. The van der Waals surface area contributed by atoms with Crippen molar-refractivity contribution in [3.8, 4) is 0 Å². The molecule has 0 aliphatic heterocycles. The zero-order chi connectivity index (χ0) is 8.55. The van der Waals surface area contributed by atoms with Crippen LogP contribution in [-0.2, 0) is 0 Å². The van der Waals surface area contributed by atoms with Gasteiger partial charge in [-0.05, 0) is 26.7 Å². The van der Waals surface area contributed by atoms with Gasteiger partial charge in [-0.2, -0.15) is 0 Å². The standard InChI is InChI=1S/C9H14N2S/c1-6-5-10-9(12-6)7(2)11-8-3-4-8/h5,7-8,11H,3-4H2,1-2H3. The van der Waals surface area contributed by atoms with Gasteiger partial charge in [-0.25, -0.2) is 4.98 Å². The smallest absolute Gasteiger partial charge is 0.109 e. The van der Waals surface area contributed by atoms with Gasteiger partial charge in [0.1, 0.15) is 5.01 Å². The fraction of sp³-hybridized carbons (Fsp3) is 0.667. The van der Waals surface area contributed by atoms with Gasteiger partial charge in [-0.1, -0.05) is 0 Å². The van der Waals surface area contributed by atoms with Gasteiger partial charge < -0.3 is 5.32 Å². The van der Waals surface area contributed by atoms with Crippen molar-refractivity contribution in [3.05, 3.63) is 16.1 Å². The summed E-state index contributed by atoms with van der Waals surface area (Å²) in [5, 5.41) is 4.75. The number of thiazole rings is 1. The molecule has 0 saturated heterocycles. The predicted molar refractivity (Wildman–Crippen MR) is 51.4 cm³/mol. The van der Waals surface area contributed by atoms with Crippen molar-refractivity contribution in [1.29, 1.82) is 0 Å². The van der Waals surface area contributed by atoms with Crippen LogP contribution in [-0.4, -0.2) is 11.0 Å². The van der Waals surface area contributed by atoms with Gasteiger partial charge in [-0.15, -0.1) is 11.3 Å². The number of nitrogens with one attached hydrogen (secondary N) is 1. The molecule has 1 N–H and O–H groups in total. The molecule has 66 valence electrons. The van der Waals surface area contributed by atoms with E-state index in [1.54, 1.807) is 11.3 Å². The summed E-state index contributed by atoms with van der Waals surface area (Å²) in [5.41, 5.74) is 0. The van der Waals surface area contributed by atoms with Gasteiger partial charge >= 0.3 is 0 Å². The van der Waals surface area contributed by atoms with E-state index in [1.165, 1.54) is 22.7 Å². The Kier molecular flexibility index (Phi) is 2.15. The van der Waals surface area contributed by atoms with Crippen LogP contribution in [0, 0.1) is 6.92 Å². The van der Waals surface area contributed by atoms with Crippen LogP contribution in [0.2, 0.25) is 0 Å². The van der Waals surface area contributed by atoms with E-state index in [0.717, 1.165) is 6.04 Å². The first-order chi connectivity index (χ1) is 5.75. The second kappa shape index (κ2) is 3.15. The molecule has 0 amide bonds. The molecule has 1 unspecified atom stereocenters. The Morgan fingerprint density at radius 1 is 1.67 bits per heavy atom. The maximum absolute atomic E-state index is 4.35. The van der Waals surface area contributed by atoms with Crippen molar-refractivity contribution in [2.75, 3.05) is 0 Å². The third-order valence-electron chi connectivity index (χ3n) is 2.07. The highest BCUT2D eigenvalue weighted by Crippen LogP contribution is 2.25. The second-order valence-electron chi connectivity index (χ2n) is 3.47. The Morgan fingerprint density at radius 2 is 2.42 bits per heavy atom. The van der Waals surface area contributed by atoms with Crippen LogP contribution in [0.1, 0.15) is 35.7 Å². The monoisotopic (exact) mass is 182 g/mol. The van der Waals surface area contributed by atoms with E-state index in [2.05, 4.69) is 24.1 Å². The number of hydrogen-bond acceptors (Lipinski definition) is 3. The minimum Gasteiger partial charge on any atom is -0.305 e. The average Bonchev–Trinajstić information content (AvgIpc) is 2.72. The Hall–Kier alpha value is -0.410. The SMILES string of the molecule is Cc1cnc(C(C)NC2CC2)s1. The van der Waals surface area contributed by atoms with Crippen molar-refractivity contribution in [3.63, 3.8) is 0 Å². The van der Waals surface area contributed by atoms with E-state index in [1.807, 2.05) is 6.20 Å². The predicted octanol–water partition coefficient (Wildman–Crippen LogP) is 2.26. The van der Waals surface area contributed by atoms with Gasteiger partial charge in [-0.3, -0.25) is 0 Å². The molecule has 1 aliphatic carbocycles. The summed E-state index contributed by atoms with van der Waals surface area (Å²) >= 11 is 1.79. The third kappa shape index (κ3) is 1.84. The molecule has 0 aromatic carbocycles. The van der Waals surface area contributed by atoms with Crippen molar-refractivity contribution >= 4 is 11.3 Å². The number of nitrogens with zero attached hydrogens (tertiary/aromatic N) is 1. The quantitative estimate of drug-likeness (QED) is 0.775. The molecule has 12 heavy (non-hydrogen) atoms. The lowest BCUT2D eigenvalue weighted by Gasteiger charge is -2.08. The van der Waals surface area contributed by atoms with Crippen LogP contribution in [0.25, 0.3) is 0 Å². The fourth-order valence-corrected chi connectivity index (χ4v) is 2.03. The van der Waals surface area contributed by atoms with Gasteiger partial charge in [0.25, 0.3) is 0 Å². The molecule has 3 heteroatoms. The van der Waals surface area contributed by atoms with Crippen LogP contribution in [0.4, 0.5) is 0 Å². The zero-order valence-electron chi connectivity index (χ0n) is 7.50. The van der Waals surface area contributed by atoms with E-state index >= 15 is 0 Å². The molecule has 2 rings (SSSR count). The minimum absolute atomic E-state index is 0.441. The van der Waals surface area contributed by atoms with Gasteiger partial charge in [0.05, 0.1) is 6.04 Å². The van der Waals surface area contributed by atoms with E-state index < -0.39 is 0 Å². The van der Waals surface area contributed by atoms with E-state index in [-0.39, 0.29) is 0 Å². The number of aryl methyl sites for hydroxylation is 1. The maximum atomic E-state index is 4.35. The molecule has 0 bridgehead atoms. The molecule has 1 aliphatic rings. The van der Waals surface area contributed by atoms with E-state index in [0.29, 0.717) is 6.04 Å². The van der Waals surface area contributed by atoms with Crippen molar-refractivity contribution in [2.24, 2.45) is 0 Å². The molecule has 1 aromatic heterocycles. The molecular weight excluding hydrogens is 168 g/mol. The fourth-order valence-electron chi connectivity index (χ4n) is 1.25. The molecular formula is C9H14N2S. The van der Waals surface area contributed by atoms with E-state index in [4.69, 9.17) is 0 Å². The normalized spacial score (nSPS) is 19.5. The molecule has 1 aromatic rings. The molecule has 1 fully saturated rings. The Morgan fingerprint density at radius 3 is 2.92 bits per heavy atom. The Labute approximate surface area is 77.0 Å². The van der Waals surface area contributed by atoms with Crippen LogP contribution in [0.15, 0.2) is 6.20 Å². The van der Waals surface area contributed by atoms with Gasteiger partial charge in [0.2, 0.25) is 0 Å². The first kappa shape index (κ1) is 8.20. The average molecular weight is 182 g/mol. The van der Waals surface area contributed by atoms with Crippen LogP contribution >= 0.6 is 11.3 Å². The van der Waals surface area contributed by atoms with E-state index in [9.17, 15) is 0 Å². The van der Waals surface area contributed by atoms with Crippen LogP contribution in [0.3, 0.4) is 0 Å². The highest BCUT2D eigenvalue weighted by Gasteiger charge is 2.24. The number of hydrogen-bond donors (Lipinski definition) is 1. The largest absolute Gasteiger partial charge is 0.305 e. The Balaban J connectivity index is 1.97. The first-order valence-electron chi connectivity index (χ1n) is 4.44. The summed E-state index contributed by atoms with van der Waals surface area (Å²) in [6.45, 7) is 4.29. The van der Waals surface area contributed by atoms with Crippen molar-refractivity contribution in [1.82, 2.24) is 10.3 Å². The highest BCUT2D eigenvalue weighted by atomic mass is 32.1. The summed E-state index contributed by atoms with van der Waals surface area (Å²) in [4.78, 5) is 5.65. The maximum Gasteiger partial charge on any atom is 0.109 e. The van der Waals surface area contributed by atoms with Crippen LogP contribution < -0.4 is 5.32 Å². The summed E-state index contributed by atoms with van der Waals surface area (Å²) < 4.78 is 0. The lowest BCUT2D eigenvalue weighted by molar-refractivity contribution is 0.568. The molecule has 0 radical (unpaired) electrons.